The largest absolute Gasteiger partial charge is 0.490 e. The molecule has 0 saturated heterocycles. The molecule has 0 spiro atoms. The third kappa shape index (κ3) is 3.37. The van der Waals surface area contributed by atoms with Gasteiger partial charge in [-0.15, -0.1) is 0 Å². The maximum absolute atomic E-state index is 13.6. The van der Waals surface area contributed by atoms with Crippen LogP contribution in [0.4, 0.5) is 15.8 Å². The number of carbonyl (C=O) groups excluding carboxylic acids is 2. The zero-order chi connectivity index (χ0) is 17.1. The average Bonchev–Trinajstić information content (AvgIpc) is 2.57. The van der Waals surface area contributed by atoms with E-state index >= 15 is 0 Å². The molecule has 24 heavy (non-hydrogen) atoms. The molecule has 2 aromatic carbocycles. The van der Waals surface area contributed by atoms with E-state index in [4.69, 9.17) is 4.74 Å². The van der Waals surface area contributed by atoms with E-state index in [1.54, 1.807) is 30.3 Å². The molecule has 5 nitrogen and oxygen atoms in total. The van der Waals surface area contributed by atoms with Crippen molar-refractivity contribution in [3.8, 4) is 5.75 Å². The number of Topliss-reactive ketones (excluding diaryl/α,β-unsaturated/α-hetero) is 1. The lowest BCUT2D eigenvalue weighted by Gasteiger charge is -2.31. The van der Waals surface area contributed by atoms with Gasteiger partial charge < -0.3 is 15.0 Å². The number of para-hydroxylation sites is 1. The topological polar surface area (TPSA) is 58.6 Å². The van der Waals surface area contributed by atoms with E-state index < -0.39 is 5.82 Å². The van der Waals surface area contributed by atoms with Crippen molar-refractivity contribution in [2.24, 2.45) is 0 Å². The molecule has 0 aliphatic carbocycles. The van der Waals surface area contributed by atoms with Gasteiger partial charge >= 0.3 is 0 Å². The lowest BCUT2D eigenvalue weighted by Crippen LogP contribution is -2.39. The van der Waals surface area contributed by atoms with E-state index in [9.17, 15) is 14.0 Å². The molecule has 124 valence electrons. The second-order valence-electron chi connectivity index (χ2n) is 5.54. The summed E-state index contributed by atoms with van der Waals surface area (Å²) in [6.45, 7) is 2.49. The van der Waals surface area contributed by atoms with Crippen LogP contribution in [-0.2, 0) is 4.79 Å². The number of benzene rings is 2. The first kappa shape index (κ1) is 16.0. The summed E-state index contributed by atoms with van der Waals surface area (Å²) in [4.78, 5) is 25.6. The molecule has 1 amide bonds. The quantitative estimate of drug-likeness (QED) is 0.877. The lowest BCUT2D eigenvalue weighted by atomic mass is 10.1. The third-order valence-corrected chi connectivity index (χ3v) is 3.81. The number of hydrogen-bond donors (Lipinski definition) is 1. The van der Waals surface area contributed by atoms with Crippen molar-refractivity contribution in [2.45, 2.75) is 6.92 Å². The fraction of sp³-hybridized carbons (Fsp3) is 0.222. The number of hydrogen-bond acceptors (Lipinski definition) is 4. The SMILES string of the molecule is CC(=O)c1ccc2c(c1)N(CC(=O)Nc1ccccc1F)CCO2. The van der Waals surface area contributed by atoms with Gasteiger partial charge in [0.05, 0.1) is 24.5 Å². The van der Waals surface area contributed by atoms with Crippen molar-refractivity contribution in [3.05, 3.63) is 53.8 Å². The normalized spacial score (nSPS) is 13.0. The van der Waals surface area contributed by atoms with Gasteiger partial charge in [-0.05, 0) is 37.3 Å². The molecule has 1 N–H and O–H groups in total. The van der Waals surface area contributed by atoms with Crippen LogP contribution in [0.5, 0.6) is 5.75 Å². The fourth-order valence-electron chi connectivity index (χ4n) is 2.58. The summed E-state index contributed by atoms with van der Waals surface area (Å²) in [5, 5.41) is 2.56. The Kier molecular flexibility index (Phi) is 4.46. The van der Waals surface area contributed by atoms with Crippen LogP contribution in [0.2, 0.25) is 0 Å². The van der Waals surface area contributed by atoms with E-state index in [0.717, 1.165) is 0 Å². The Morgan fingerprint density at radius 2 is 2.04 bits per heavy atom. The number of anilines is 2. The molecule has 3 rings (SSSR count). The third-order valence-electron chi connectivity index (χ3n) is 3.81. The molecule has 1 aliphatic rings. The van der Waals surface area contributed by atoms with E-state index in [1.807, 2.05) is 4.90 Å². The van der Waals surface area contributed by atoms with Gasteiger partial charge in [0, 0.05) is 5.56 Å². The maximum atomic E-state index is 13.6. The van der Waals surface area contributed by atoms with Crippen LogP contribution < -0.4 is 15.0 Å². The van der Waals surface area contributed by atoms with Crippen molar-refractivity contribution in [3.63, 3.8) is 0 Å². The van der Waals surface area contributed by atoms with Crippen LogP contribution in [0, 0.1) is 5.82 Å². The molecule has 0 unspecified atom stereocenters. The number of nitrogens with one attached hydrogen (secondary N) is 1. The van der Waals surface area contributed by atoms with E-state index in [-0.39, 0.29) is 23.9 Å². The number of fused-ring (bicyclic) bond motifs is 1. The Morgan fingerprint density at radius 3 is 2.79 bits per heavy atom. The molecule has 0 fully saturated rings. The molecule has 2 aromatic rings. The molecular formula is C18H17FN2O3. The molecule has 6 heteroatoms. The van der Waals surface area contributed by atoms with Gasteiger partial charge in [-0.25, -0.2) is 4.39 Å². The van der Waals surface area contributed by atoms with Crippen LogP contribution in [0.25, 0.3) is 0 Å². The predicted octanol–water partition coefficient (Wildman–Crippen LogP) is 2.87. The highest BCUT2D eigenvalue weighted by molar-refractivity contribution is 5.97. The van der Waals surface area contributed by atoms with Crippen LogP contribution in [0.15, 0.2) is 42.5 Å². The summed E-state index contributed by atoms with van der Waals surface area (Å²) in [6.07, 6.45) is 0. The molecular weight excluding hydrogens is 311 g/mol. The Balaban J connectivity index is 1.77. The van der Waals surface area contributed by atoms with Crippen molar-refractivity contribution in [1.82, 2.24) is 0 Å². The van der Waals surface area contributed by atoms with Gasteiger partial charge in [0.15, 0.2) is 5.78 Å². The molecule has 0 atom stereocenters. The fourth-order valence-corrected chi connectivity index (χ4v) is 2.58. The van der Waals surface area contributed by atoms with Crippen molar-refractivity contribution >= 4 is 23.1 Å². The first-order valence-corrected chi connectivity index (χ1v) is 7.62. The molecule has 1 heterocycles. The number of rotatable bonds is 4. The summed E-state index contributed by atoms with van der Waals surface area (Å²) < 4.78 is 19.2. The number of ether oxygens (including phenoxy) is 1. The van der Waals surface area contributed by atoms with Gasteiger partial charge in [-0.3, -0.25) is 9.59 Å². The first-order chi connectivity index (χ1) is 11.5. The highest BCUT2D eigenvalue weighted by atomic mass is 19.1. The monoisotopic (exact) mass is 328 g/mol. The first-order valence-electron chi connectivity index (χ1n) is 7.62. The predicted molar refractivity (Wildman–Crippen MR) is 89.2 cm³/mol. The van der Waals surface area contributed by atoms with Gasteiger partial charge in [0.2, 0.25) is 5.91 Å². The number of nitrogens with zero attached hydrogens (tertiary/aromatic N) is 1. The van der Waals surface area contributed by atoms with E-state index in [2.05, 4.69) is 5.32 Å². The van der Waals surface area contributed by atoms with Gasteiger partial charge in [-0.1, -0.05) is 12.1 Å². The van der Waals surface area contributed by atoms with Crippen molar-refractivity contribution in [1.29, 1.82) is 0 Å². The summed E-state index contributed by atoms with van der Waals surface area (Å²) in [5.41, 5.74) is 1.39. The standard InChI is InChI=1S/C18H17FN2O3/c1-12(22)13-6-7-17-16(10-13)21(8-9-24-17)11-18(23)20-15-5-3-2-4-14(15)19/h2-7,10H,8-9,11H2,1H3,(H,20,23). The highest BCUT2D eigenvalue weighted by Crippen LogP contribution is 2.32. The Hall–Kier alpha value is -2.89. The molecule has 1 aliphatic heterocycles. The second kappa shape index (κ2) is 6.70. The number of ketones is 1. The number of carbonyl (C=O) groups is 2. The van der Waals surface area contributed by atoms with E-state index in [0.29, 0.717) is 30.2 Å². The minimum absolute atomic E-state index is 0.0477. The molecule has 0 saturated carbocycles. The van der Waals surface area contributed by atoms with Crippen LogP contribution in [0.3, 0.4) is 0 Å². The Morgan fingerprint density at radius 1 is 1.25 bits per heavy atom. The van der Waals surface area contributed by atoms with Gasteiger partial charge in [0.1, 0.15) is 18.2 Å². The van der Waals surface area contributed by atoms with Crippen molar-refractivity contribution in [2.75, 3.05) is 29.9 Å². The number of amides is 1. The highest BCUT2D eigenvalue weighted by Gasteiger charge is 2.21. The second-order valence-corrected chi connectivity index (χ2v) is 5.54. The minimum atomic E-state index is -0.480. The molecule has 0 aromatic heterocycles. The Labute approximate surface area is 139 Å². The van der Waals surface area contributed by atoms with Crippen LogP contribution >= 0.6 is 0 Å². The zero-order valence-electron chi connectivity index (χ0n) is 13.2. The van der Waals surface area contributed by atoms with Gasteiger partial charge in [-0.2, -0.15) is 0 Å². The van der Waals surface area contributed by atoms with Gasteiger partial charge in [0.25, 0.3) is 0 Å². The maximum Gasteiger partial charge on any atom is 0.243 e. The molecule has 0 radical (unpaired) electrons. The summed E-state index contributed by atoms with van der Waals surface area (Å²) >= 11 is 0. The summed E-state index contributed by atoms with van der Waals surface area (Å²) in [6, 6.07) is 11.2. The Bertz CT molecular complexity index is 792. The summed E-state index contributed by atoms with van der Waals surface area (Å²) in [5.74, 6) is -0.239. The minimum Gasteiger partial charge on any atom is -0.490 e. The van der Waals surface area contributed by atoms with Crippen molar-refractivity contribution < 1.29 is 18.7 Å². The van der Waals surface area contributed by atoms with Crippen LogP contribution in [-0.4, -0.2) is 31.4 Å². The lowest BCUT2D eigenvalue weighted by molar-refractivity contribution is -0.115. The van der Waals surface area contributed by atoms with Crippen LogP contribution in [0.1, 0.15) is 17.3 Å². The average molecular weight is 328 g/mol. The smallest absolute Gasteiger partial charge is 0.243 e. The molecule has 0 bridgehead atoms. The van der Waals surface area contributed by atoms with E-state index in [1.165, 1.54) is 19.1 Å². The zero-order valence-corrected chi connectivity index (χ0v) is 13.2. The summed E-state index contributed by atoms with van der Waals surface area (Å²) in [7, 11) is 0. The number of halogens is 1.